The number of fused-ring (bicyclic) bond motifs is 1. The molecule has 0 bridgehead atoms. The number of rotatable bonds is 4. The van der Waals surface area contributed by atoms with Gasteiger partial charge in [0.1, 0.15) is 11.3 Å². The van der Waals surface area contributed by atoms with Gasteiger partial charge < -0.3 is 14.6 Å². The first kappa shape index (κ1) is 16.3. The lowest BCUT2D eigenvalue weighted by Crippen LogP contribution is -2.17. The molecule has 122 valence electrons. The Morgan fingerprint density at radius 3 is 2.62 bits per heavy atom. The zero-order valence-corrected chi connectivity index (χ0v) is 14.0. The van der Waals surface area contributed by atoms with Crippen molar-refractivity contribution in [3.05, 3.63) is 74.6 Å². The Kier molecular flexibility index (Phi) is 4.40. The Morgan fingerprint density at radius 2 is 1.92 bits per heavy atom. The summed E-state index contributed by atoms with van der Waals surface area (Å²) in [5.41, 5.74) is 0.0725. The molecule has 3 rings (SSSR count). The number of hydrogen-bond acceptors (Lipinski definition) is 4. The van der Waals surface area contributed by atoms with Crippen LogP contribution >= 0.6 is 15.9 Å². The van der Waals surface area contributed by atoms with E-state index >= 15 is 0 Å². The van der Waals surface area contributed by atoms with Crippen LogP contribution in [-0.4, -0.2) is 16.2 Å². The fraction of sp³-hybridized carbons (Fsp3) is 0.111. The molecule has 3 aromatic rings. The molecule has 0 aliphatic heterocycles. The Hall–Kier alpha value is -2.60. The van der Waals surface area contributed by atoms with Gasteiger partial charge in [-0.1, -0.05) is 40.2 Å². The molecule has 0 radical (unpaired) electrons. The molecule has 0 aliphatic carbocycles. The zero-order valence-electron chi connectivity index (χ0n) is 12.4. The quantitative estimate of drug-likeness (QED) is 0.662. The number of carbonyl (C=O) groups is 1. The van der Waals surface area contributed by atoms with Crippen LogP contribution in [0.3, 0.4) is 0 Å². The fourth-order valence-corrected chi connectivity index (χ4v) is 3.16. The summed E-state index contributed by atoms with van der Waals surface area (Å²) >= 11 is 3.33. The molecule has 0 unspecified atom stereocenters. The highest BCUT2D eigenvalue weighted by Gasteiger charge is 2.26. The molecule has 0 spiro atoms. The lowest BCUT2D eigenvalue weighted by molar-refractivity contribution is -0.137. The lowest BCUT2D eigenvalue weighted by Gasteiger charge is -2.17. The number of hydrogen-bond donors (Lipinski definition) is 2. The van der Waals surface area contributed by atoms with E-state index in [1.165, 1.54) is 0 Å². The van der Waals surface area contributed by atoms with Crippen LogP contribution in [0.4, 0.5) is 0 Å². The summed E-state index contributed by atoms with van der Waals surface area (Å²) in [6.07, 6.45) is -0.340. The second kappa shape index (κ2) is 6.49. The molecule has 2 aromatic carbocycles. The van der Waals surface area contributed by atoms with Gasteiger partial charge in [-0.25, -0.2) is 4.79 Å². The van der Waals surface area contributed by atoms with E-state index in [2.05, 4.69) is 15.9 Å². The summed E-state index contributed by atoms with van der Waals surface area (Å²) in [4.78, 5) is 23.7. The molecule has 0 aliphatic rings. The summed E-state index contributed by atoms with van der Waals surface area (Å²) in [5, 5.41) is 20.2. The van der Waals surface area contributed by atoms with E-state index in [0.29, 0.717) is 10.9 Å². The number of benzene rings is 2. The Morgan fingerprint density at radius 1 is 1.17 bits per heavy atom. The van der Waals surface area contributed by atoms with Gasteiger partial charge in [-0.3, -0.25) is 4.79 Å². The van der Waals surface area contributed by atoms with Gasteiger partial charge in [-0.15, -0.1) is 0 Å². The van der Waals surface area contributed by atoms with Crippen molar-refractivity contribution in [1.82, 2.24) is 0 Å². The molecule has 24 heavy (non-hydrogen) atoms. The van der Waals surface area contributed by atoms with Crippen molar-refractivity contribution in [2.45, 2.75) is 12.3 Å². The fourth-order valence-electron chi connectivity index (χ4n) is 2.74. The predicted octanol–water partition coefficient (Wildman–Crippen LogP) is 3.87. The molecule has 0 saturated carbocycles. The monoisotopic (exact) mass is 388 g/mol. The van der Waals surface area contributed by atoms with E-state index < -0.39 is 17.5 Å². The van der Waals surface area contributed by atoms with Crippen LogP contribution in [0.2, 0.25) is 0 Å². The average molecular weight is 389 g/mol. The van der Waals surface area contributed by atoms with Crippen LogP contribution in [0, 0.1) is 0 Å². The Labute approximate surface area is 145 Å². The lowest BCUT2D eigenvalue weighted by atomic mass is 9.88. The minimum absolute atomic E-state index is 0.0470. The predicted molar refractivity (Wildman–Crippen MR) is 92.4 cm³/mol. The van der Waals surface area contributed by atoms with Crippen molar-refractivity contribution >= 4 is 32.9 Å². The minimum Gasteiger partial charge on any atom is -0.507 e. The van der Waals surface area contributed by atoms with Crippen LogP contribution in [0.25, 0.3) is 11.0 Å². The van der Waals surface area contributed by atoms with Crippen LogP contribution in [0.5, 0.6) is 5.75 Å². The van der Waals surface area contributed by atoms with Crippen molar-refractivity contribution in [3.8, 4) is 5.75 Å². The Balaban J connectivity index is 2.27. The van der Waals surface area contributed by atoms with Gasteiger partial charge in [0.25, 0.3) is 0 Å². The average Bonchev–Trinajstić information content (AvgIpc) is 2.53. The van der Waals surface area contributed by atoms with E-state index in [4.69, 9.17) is 4.42 Å². The molecule has 6 heteroatoms. The maximum Gasteiger partial charge on any atom is 0.343 e. The molecule has 5 nitrogen and oxygen atoms in total. The van der Waals surface area contributed by atoms with E-state index in [-0.39, 0.29) is 23.3 Å². The van der Waals surface area contributed by atoms with Crippen molar-refractivity contribution in [1.29, 1.82) is 0 Å². The first-order valence-electron chi connectivity index (χ1n) is 7.19. The van der Waals surface area contributed by atoms with E-state index in [1.54, 1.807) is 48.5 Å². The number of carboxylic acid groups (broad SMARTS) is 1. The second-order valence-electron chi connectivity index (χ2n) is 5.35. The van der Waals surface area contributed by atoms with Crippen molar-refractivity contribution in [2.75, 3.05) is 0 Å². The first-order valence-corrected chi connectivity index (χ1v) is 7.98. The number of halogens is 1. The van der Waals surface area contributed by atoms with Gasteiger partial charge in [0.2, 0.25) is 0 Å². The Bertz CT molecular complexity index is 977. The third-order valence-corrected chi connectivity index (χ3v) is 4.29. The summed E-state index contributed by atoms with van der Waals surface area (Å²) in [5.74, 6) is -2.14. The SMILES string of the molecule is O=C(O)C[C@H](c1cccc(Br)c1)c1c(O)c2ccccc2oc1=O. The van der Waals surface area contributed by atoms with E-state index in [0.717, 1.165) is 4.47 Å². The van der Waals surface area contributed by atoms with Crippen LogP contribution in [-0.2, 0) is 4.79 Å². The van der Waals surface area contributed by atoms with Gasteiger partial charge in [0.05, 0.1) is 17.4 Å². The van der Waals surface area contributed by atoms with Crippen molar-refractivity contribution < 1.29 is 19.4 Å². The van der Waals surface area contributed by atoms with Gasteiger partial charge in [0, 0.05) is 10.4 Å². The minimum atomic E-state index is -1.08. The molecule has 0 amide bonds. The zero-order chi connectivity index (χ0) is 17.3. The molecular weight excluding hydrogens is 376 g/mol. The molecule has 1 atom stereocenters. The van der Waals surface area contributed by atoms with Gasteiger partial charge >= 0.3 is 11.6 Å². The van der Waals surface area contributed by atoms with Gasteiger partial charge in [0.15, 0.2) is 0 Å². The first-order chi connectivity index (χ1) is 11.5. The third-order valence-electron chi connectivity index (χ3n) is 3.80. The highest BCUT2D eigenvalue weighted by Crippen LogP contribution is 2.36. The maximum absolute atomic E-state index is 12.4. The maximum atomic E-state index is 12.4. The highest BCUT2D eigenvalue weighted by atomic mass is 79.9. The second-order valence-corrected chi connectivity index (χ2v) is 6.27. The summed E-state index contributed by atoms with van der Waals surface area (Å²) in [7, 11) is 0. The van der Waals surface area contributed by atoms with Crippen LogP contribution < -0.4 is 5.63 Å². The summed E-state index contributed by atoms with van der Waals surface area (Å²) < 4.78 is 6.02. The molecule has 0 fully saturated rings. The van der Waals surface area contributed by atoms with Crippen LogP contribution in [0.1, 0.15) is 23.5 Å². The molecule has 0 saturated heterocycles. The normalized spacial score (nSPS) is 12.2. The van der Waals surface area contributed by atoms with Gasteiger partial charge in [-0.2, -0.15) is 0 Å². The van der Waals surface area contributed by atoms with Crippen molar-refractivity contribution in [3.63, 3.8) is 0 Å². The number of aliphatic carboxylic acids is 1. The standard InChI is InChI=1S/C18H13BrO5/c19-11-5-3-4-10(8-11)13(9-15(20)21)16-17(22)12-6-1-2-7-14(12)24-18(16)23/h1-8,13,22H,9H2,(H,20,21)/t13-/m1/s1. The van der Waals surface area contributed by atoms with E-state index in [1.807, 2.05) is 0 Å². The number of para-hydroxylation sites is 1. The molecule has 1 aromatic heterocycles. The largest absolute Gasteiger partial charge is 0.507 e. The molecular formula is C18H13BrO5. The number of aromatic hydroxyl groups is 1. The summed E-state index contributed by atoms with van der Waals surface area (Å²) in [6.45, 7) is 0. The highest BCUT2D eigenvalue weighted by molar-refractivity contribution is 9.10. The molecule has 1 heterocycles. The van der Waals surface area contributed by atoms with E-state index in [9.17, 15) is 19.8 Å². The van der Waals surface area contributed by atoms with Crippen molar-refractivity contribution in [2.24, 2.45) is 0 Å². The van der Waals surface area contributed by atoms with Gasteiger partial charge in [-0.05, 0) is 29.8 Å². The van der Waals surface area contributed by atoms with Crippen LogP contribution in [0.15, 0.2) is 62.2 Å². The molecule has 2 N–H and O–H groups in total. The summed E-state index contributed by atoms with van der Waals surface area (Å²) in [6, 6.07) is 13.6. The smallest absolute Gasteiger partial charge is 0.343 e. The topological polar surface area (TPSA) is 87.7 Å². The third kappa shape index (κ3) is 3.05. The number of carboxylic acids is 1.